The number of H-pyrrole nitrogens is 1. The Morgan fingerprint density at radius 1 is 1.31 bits per heavy atom. The maximum atomic E-state index is 12.7. The lowest BCUT2D eigenvalue weighted by molar-refractivity contribution is -0.133. The van der Waals surface area contributed by atoms with Gasteiger partial charge in [-0.1, -0.05) is 35.5 Å². The Morgan fingerprint density at radius 2 is 2.15 bits per heavy atom. The summed E-state index contributed by atoms with van der Waals surface area (Å²) in [5, 5.41) is 18.8. The number of piperidine rings is 1. The number of likely N-dealkylation sites (tertiary alicyclic amines) is 1. The van der Waals surface area contributed by atoms with E-state index < -0.39 is 0 Å². The average Bonchev–Trinajstić information content (AvgIpc) is 3.32. The minimum absolute atomic E-state index is 0.0697. The molecule has 1 unspecified atom stereocenters. The van der Waals surface area contributed by atoms with Crippen LogP contribution in [-0.4, -0.2) is 54.3 Å². The number of aromatic nitrogens is 6. The predicted octanol–water partition coefficient (Wildman–Crippen LogP) is 1.78. The van der Waals surface area contributed by atoms with Crippen molar-refractivity contribution < 1.29 is 4.79 Å². The first-order valence-electron chi connectivity index (χ1n) is 8.81. The van der Waals surface area contributed by atoms with E-state index in [0.717, 1.165) is 36.2 Å². The molecule has 1 aliphatic heterocycles. The zero-order valence-corrected chi connectivity index (χ0v) is 14.7. The minimum Gasteiger partial charge on any atom is -0.340 e. The Kier molecular flexibility index (Phi) is 4.47. The molecule has 0 radical (unpaired) electrons. The molecule has 26 heavy (non-hydrogen) atoms. The number of nitrogens with zero attached hydrogens (tertiary/aromatic N) is 6. The van der Waals surface area contributed by atoms with Crippen LogP contribution in [0.1, 0.15) is 30.3 Å². The SMILES string of the molecule is Cc1nn(CC(=O)N2CCCC(c3nn[nH]n3)C2)cc1-c1ccccc1. The van der Waals surface area contributed by atoms with E-state index in [4.69, 9.17) is 0 Å². The lowest BCUT2D eigenvalue weighted by Gasteiger charge is -2.31. The summed E-state index contributed by atoms with van der Waals surface area (Å²) in [7, 11) is 0. The summed E-state index contributed by atoms with van der Waals surface area (Å²) in [6.07, 6.45) is 3.86. The first kappa shape index (κ1) is 16.4. The Hall–Kier alpha value is -3.03. The summed E-state index contributed by atoms with van der Waals surface area (Å²) in [6, 6.07) is 10.1. The maximum Gasteiger partial charge on any atom is 0.244 e. The van der Waals surface area contributed by atoms with Crippen LogP contribution in [0.25, 0.3) is 11.1 Å². The highest BCUT2D eigenvalue weighted by Gasteiger charge is 2.27. The highest BCUT2D eigenvalue weighted by molar-refractivity contribution is 5.76. The first-order valence-corrected chi connectivity index (χ1v) is 8.81. The minimum atomic E-state index is 0.0697. The quantitative estimate of drug-likeness (QED) is 0.773. The Labute approximate surface area is 151 Å². The molecule has 1 fully saturated rings. The molecule has 1 aromatic carbocycles. The number of nitrogens with one attached hydrogen (secondary N) is 1. The van der Waals surface area contributed by atoms with E-state index in [1.165, 1.54) is 0 Å². The third-order valence-corrected chi connectivity index (χ3v) is 4.83. The second kappa shape index (κ2) is 7.07. The number of hydrogen-bond donors (Lipinski definition) is 1. The van der Waals surface area contributed by atoms with E-state index in [2.05, 4.69) is 37.9 Å². The fourth-order valence-electron chi connectivity index (χ4n) is 3.50. The van der Waals surface area contributed by atoms with Crippen LogP contribution in [0.3, 0.4) is 0 Å². The van der Waals surface area contributed by atoms with Gasteiger partial charge in [-0.3, -0.25) is 9.48 Å². The standard InChI is InChI=1S/C18H21N7O/c1-13-16(14-6-3-2-4-7-14)11-25(21-13)12-17(26)24-9-5-8-15(10-24)18-19-22-23-20-18/h2-4,6-7,11,15H,5,8-10,12H2,1H3,(H,19,20,22,23). The topological polar surface area (TPSA) is 92.6 Å². The van der Waals surface area contributed by atoms with E-state index >= 15 is 0 Å². The zero-order chi connectivity index (χ0) is 17.9. The molecule has 134 valence electrons. The molecule has 1 saturated heterocycles. The monoisotopic (exact) mass is 351 g/mol. The second-order valence-corrected chi connectivity index (χ2v) is 6.64. The van der Waals surface area contributed by atoms with Crippen molar-refractivity contribution in [3.05, 3.63) is 48.0 Å². The average molecular weight is 351 g/mol. The third kappa shape index (κ3) is 3.35. The largest absolute Gasteiger partial charge is 0.340 e. The molecule has 0 aliphatic carbocycles. The number of rotatable bonds is 4. The van der Waals surface area contributed by atoms with Crippen LogP contribution in [-0.2, 0) is 11.3 Å². The molecule has 8 nitrogen and oxygen atoms in total. The molecule has 1 aliphatic rings. The van der Waals surface area contributed by atoms with Crippen LogP contribution < -0.4 is 0 Å². The number of amides is 1. The van der Waals surface area contributed by atoms with Gasteiger partial charge >= 0.3 is 0 Å². The number of carbonyl (C=O) groups excluding carboxylic acids is 1. The predicted molar refractivity (Wildman–Crippen MR) is 95.1 cm³/mol. The maximum absolute atomic E-state index is 12.7. The normalized spacial score (nSPS) is 17.4. The summed E-state index contributed by atoms with van der Waals surface area (Å²) in [6.45, 7) is 3.60. The van der Waals surface area contributed by atoms with Crippen molar-refractivity contribution in [1.82, 2.24) is 35.3 Å². The van der Waals surface area contributed by atoms with E-state index in [0.29, 0.717) is 12.4 Å². The van der Waals surface area contributed by atoms with Crippen molar-refractivity contribution in [2.24, 2.45) is 0 Å². The van der Waals surface area contributed by atoms with Crippen LogP contribution in [0.15, 0.2) is 36.5 Å². The number of tetrazole rings is 1. The van der Waals surface area contributed by atoms with Gasteiger partial charge in [-0.25, -0.2) is 0 Å². The molecule has 0 spiro atoms. The van der Waals surface area contributed by atoms with Gasteiger partial charge in [0.05, 0.1) is 5.69 Å². The lowest BCUT2D eigenvalue weighted by atomic mass is 9.97. The van der Waals surface area contributed by atoms with Crippen LogP contribution in [0.5, 0.6) is 0 Å². The van der Waals surface area contributed by atoms with Gasteiger partial charge in [0.25, 0.3) is 0 Å². The van der Waals surface area contributed by atoms with Crippen molar-refractivity contribution >= 4 is 5.91 Å². The van der Waals surface area contributed by atoms with E-state index in [1.807, 2.05) is 36.2 Å². The summed E-state index contributed by atoms with van der Waals surface area (Å²) in [5.41, 5.74) is 3.09. The molecule has 4 rings (SSSR count). The van der Waals surface area contributed by atoms with Crippen LogP contribution in [0, 0.1) is 6.92 Å². The van der Waals surface area contributed by atoms with Gasteiger partial charge in [0, 0.05) is 30.8 Å². The Bertz CT molecular complexity index is 872. The molecule has 2 aromatic heterocycles. The molecule has 0 bridgehead atoms. The van der Waals surface area contributed by atoms with E-state index in [1.54, 1.807) is 4.68 Å². The summed E-state index contributed by atoms with van der Waals surface area (Å²) in [5.74, 6) is 0.898. The van der Waals surface area contributed by atoms with Gasteiger partial charge in [-0.2, -0.15) is 10.3 Å². The molecular formula is C18H21N7O. The van der Waals surface area contributed by atoms with Crippen molar-refractivity contribution in [2.45, 2.75) is 32.2 Å². The fraction of sp³-hybridized carbons (Fsp3) is 0.389. The van der Waals surface area contributed by atoms with Gasteiger partial charge in [-0.15, -0.1) is 10.2 Å². The molecule has 0 saturated carbocycles. The first-order chi connectivity index (χ1) is 12.7. The Balaban J connectivity index is 1.45. The number of aromatic amines is 1. The van der Waals surface area contributed by atoms with Crippen molar-refractivity contribution in [1.29, 1.82) is 0 Å². The molecule has 1 N–H and O–H groups in total. The smallest absolute Gasteiger partial charge is 0.244 e. The summed E-state index contributed by atoms with van der Waals surface area (Å²) < 4.78 is 1.73. The number of carbonyl (C=O) groups is 1. The highest BCUT2D eigenvalue weighted by Crippen LogP contribution is 2.25. The van der Waals surface area contributed by atoms with Crippen LogP contribution in [0.2, 0.25) is 0 Å². The highest BCUT2D eigenvalue weighted by atomic mass is 16.2. The van der Waals surface area contributed by atoms with E-state index in [9.17, 15) is 4.79 Å². The van der Waals surface area contributed by atoms with Crippen LogP contribution >= 0.6 is 0 Å². The molecule has 3 aromatic rings. The van der Waals surface area contributed by atoms with Gasteiger partial charge in [0.2, 0.25) is 5.91 Å². The number of aryl methyl sites for hydroxylation is 1. The lowest BCUT2D eigenvalue weighted by Crippen LogP contribution is -2.41. The Morgan fingerprint density at radius 3 is 2.92 bits per heavy atom. The third-order valence-electron chi connectivity index (χ3n) is 4.83. The van der Waals surface area contributed by atoms with E-state index in [-0.39, 0.29) is 18.4 Å². The van der Waals surface area contributed by atoms with Crippen molar-refractivity contribution in [3.8, 4) is 11.1 Å². The zero-order valence-electron chi connectivity index (χ0n) is 14.7. The van der Waals surface area contributed by atoms with Gasteiger partial charge in [-0.05, 0) is 25.3 Å². The van der Waals surface area contributed by atoms with Crippen LogP contribution in [0.4, 0.5) is 0 Å². The molecular weight excluding hydrogens is 330 g/mol. The van der Waals surface area contributed by atoms with Gasteiger partial charge in [0.1, 0.15) is 6.54 Å². The molecule has 1 amide bonds. The number of benzene rings is 1. The molecule has 8 heteroatoms. The van der Waals surface area contributed by atoms with Gasteiger partial charge in [0.15, 0.2) is 5.82 Å². The second-order valence-electron chi connectivity index (χ2n) is 6.64. The number of hydrogen-bond acceptors (Lipinski definition) is 5. The molecule has 3 heterocycles. The van der Waals surface area contributed by atoms with Gasteiger partial charge < -0.3 is 4.90 Å². The summed E-state index contributed by atoms with van der Waals surface area (Å²) in [4.78, 5) is 14.6. The molecule has 1 atom stereocenters. The van der Waals surface area contributed by atoms with Crippen molar-refractivity contribution in [3.63, 3.8) is 0 Å². The fourth-order valence-corrected chi connectivity index (χ4v) is 3.50. The summed E-state index contributed by atoms with van der Waals surface area (Å²) >= 11 is 0. The van der Waals surface area contributed by atoms with Crippen molar-refractivity contribution in [2.75, 3.05) is 13.1 Å².